The zero-order chi connectivity index (χ0) is 29.0. The molecule has 0 bridgehead atoms. The fourth-order valence-electron chi connectivity index (χ4n) is 4.40. The predicted molar refractivity (Wildman–Crippen MR) is 149 cm³/mol. The third-order valence-electron chi connectivity index (χ3n) is 6.06. The lowest BCUT2D eigenvalue weighted by Gasteiger charge is -2.25. The van der Waals surface area contributed by atoms with E-state index in [0.717, 1.165) is 5.56 Å². The Bertz CT molecular complexity index is 1670. The van der Waals surface area contributed by atoms with E-state index in [9.17, 15) is 14.4 Å². The lowest BCUT2D eigenvalue weighted by Crippen LogP contribution is -2.40. The maximum atomic E-state index is 13.9. The van der Waals surface area contributed by atoms with Gasteiger partial charge in [0.05, 0.1) is 49.3 Å². The molecule has 0 saturated carbocycles. The Morgan fingerprint density at radius 2 is 1.70 bits per heavy atom. The number of carbonyl (C=O) groups is 2. The van der Waals surface area contributed by atoms with Crippen molar-refractivity contribution in [3.63, 3.8) is 0 Å². The highest BCUT2D eigenvalue weighted by Gasteiger charge is 2.34. The molecule has 2 heterocycles. The van der Waals surface area contributed by atoms with Gasteiger partial charge in [0.1, 0.15) is 0 Å². The first kappa shape index (κ1) is 28.6. The van der Waals surface area contributed by atoms with Crippen molar-refractivity contribution in [1.82, 2.24) is 4.57 Å². The molecule has 0 saturated heterocycles. The third-order valence-corrected chi connectivity index (χ3v) is 7.04. The molecule has 11 heteroatoms. The number of benzene rings is 2. The lowest BCUT2D eigenvalue weighted by atomic mass is 9.95. The summed E-state index contributed by atoms with van der Waals surface area (Å²) in [6.45, 7) is 7.23. The zero-order valence-electron chi connectivity index (χ0n) is 23.1. The number of rotatable bonds is 9. The van der Waals surface area contributed by atoms with Gasteiger partial charge < -0.3 is 23.7 Å². The molecular formula is C29H30N2O8S. The highest BCUT2D eigenvalue weighted by atomic mass is 32.1. The van der Waals surface area contributed by atoms with E-state index in [1.807, 2.05) is 13.0 Å². The van der Waals surface area contributed by atoms with Gasteiger partial charge >= 0.3 is 11.9 Å². The van der Waals surface area contributed by atoms with E-state index in [4.69, 9.17) is 23.7 Å². The van der Waals surface area contributed by atoms with Crippen LogP contribution in [0.3, 0.4) is 0 Å². The fraction of sp³-hybridized carbons (Fsp3) is 0.310. The monoisotopic (exact) mass is 566 g/mol. The molecule has 1 unspecified atom stereocenters. The summed E-state index contributed by atoms with van der Waals surface area (Å²) < 4.78 is 29.0. The number of nitrogens with zero attached hydrogens (tertiary/aromatic N) is 2. The van der Waals surface area contributed by atoms with E-state index >= 15 is 0 Å². The Kier molecular flexibility index (Phi) is 8.73. The minimum atomic E-state index is -0.854. The van der Waals surface area contributed by atoms with Crippen LogP contribution in [0.2, 0.25) is 0 Å². The van der Waals surface area contributed by atoms with E-state index in [0.29, 0.717) is 38.7 Å². The molecule has 1 aliphatic heterocycles. The first-order valence-corrected chi connectivity index (χ1v) is 13.4. The molecule has 0 aliphatic carbocycles. The van der Waals surface area contributed by atoms with Crippen molar-refractivity contribution in [2.24, 2.45) is 4.99 Å². The summed E-state index contributed by atoms with van der Waals surface area (Å²) in [6.07, 6.45) is 1.74. The summed E-state index contributed by atoms with van der Waals surface area (Å²) in [5.74, 6) is 0.546. The second-order valence-electron chi connectivity index (χ2n) is 8.65. The van der Waals surface area contributed by atoms with Gasteiger partial charge in [0.2, 0.25) is 0 Å². The minimum Gasteiger partial charge on any atom is -0.493 e. The molecule has 2 aromatic carbocycles. The number of hydrogen-bond acceptors (Lipinski definition) is 10. The summed E-state index contributed by atoms with van der Waals surface area (Å²) in [5.41, 5.74) is 1.61. The van der Waals surface area contributed by atoms with E-state index < -0.39 is 18.0 Å². The van der Waals surface area contributed by atoms with Crippen molar-refractivity contribution in [3.8, 4) is 23.0 Å². The van der Waals surface area contributed by atoms with Crippen LogP contribution in [0.5, 0.6) is 23.0 Å². The average Bonchev–Trinajstić information content (AvgIpc) is 3.22. The molecule has 4 rings (SSSR count). The number of aromatic nitrogens is 1. The van der Waals surface area contributed by atoms with Gasteiger partial charge in [-0.1, -0.05) is 23.5 Å². The molecule has 1 aliphatic rings. The number of allylic oxidation sites excluding steroid dienone is 1. The molecule has 0 fully saturated rings. The molecule has 0 N–H and O–H groups in total. The molecule has 210 valence electrons. The zero-order valence-corrected chi connectivity index (χ0v) is 23.9. The van der Waals surface area contributed by atoms with Crippen LogP contribution in [0.15, 0.2) is 57.5 Å². The van der Waals surface area contributed by atoms with Crippen LogP contribution >= 0.6 is 11.3 Å². The van der Waals surface area contributed by atoms with Gasteiger partial charge in [-0.15, -0.1) is 0 Å². The van der Waals surface area contributed by atoms with Crippen molar-refractivity contribution in [2.75, 3.05) is 27.4 Å². The topological polar surface area (TPSA) is 115 Å². The van der Waals surface area contributed by atoms with E-state index in [2.05, 4.69) is 4.99 Å². The van der Waals surface area contributed by atoms with Crippen LogP contribution in [0, 0.1) is 0 Å². The van der Waals surface area contributed by atoms with Gasteiger partial charge in [0, 0.05) is 6.92 Å². The third kappa shape index (κ3) is 5.64. The maximum Gasteiger partial charge on any atom is 0.338 e. The first-order valence-electron chi connectivity index (χ1n) is 12.6. The highest BCUT2D eigenvalue weighted by molar-refractivity contribution is 7.07. The predicted octanol–water partition coefficient (Wildman–Crippen LogP) is 3.14. The van der Waals surface area contributed by atoms with E-state index in [-0.39, 0.29) is 29.2 Å². The van der Waals surface area contributed by atoms with Crippen LogP contribution in [0.1, 0.15) is 44.9 Å². The SMILES string of the molecule is CCOC(=O)C1=C(C)N=c2s/c(=C\c3ccc(OCC)c(OC)c3)c(=O)n2C1c1ccc(OC(C)=O)c(OC)c1. The van der Waals surface area contributed by atoms with Crippen molar-refractivity contribution in [1.29, 1.82) is 0 Å². The van der Waals surface area contributed by atoms with Crippen molar-refractivity contribution in [2.45, 2.75) is 33.7 Å². The summed E-state index contributed by atoms with van der Waals surface area (Å²) in [6, 6.07) is 9.43. The molecule has 0 radical (unpaired) electrons. The summed E-state index contributed by atoms with van der Waals surface area (Å²) in [7, 11) is 2.99. The molecule has 0 spiro atoms. The smallest absolute Gasteiger partial charge is 0.338 e. The summed E-state index contributed by atoms with van der Waals surface area (Å²) in [5, 5.41) is 0. The molecular weight excluding hydrogens is 536 g/mol. The van der Waals surface area contributed by atoms with E-state index in [1.165, 1.54) is 29.9 Å². The maximum absolute atomic E-state index is 13.9. The van der Waals surface area contributed by atoms with Gasteiger partial charge in [-0.05, 0) is 62.2 Å². The van der Waals surface area contributed by atoms with E-state index in [1.54, 1.807) is 57.4 Å². The minimum absolute atomic E-state index is 0.154. The van der Waals surface area contributed by atoms with Crippen LogP contribution in [-0.4, -0.2) is 43.9 Å². The number of methoxy groups -OCH3 is 2. The Labute approximate surface area is 234 Å². The second kappa shape index (κ2) is 12.2. The summed E-state index contributed by atoms with van der Waals surface area (Å²) >= 11 is 1.20. The van der Waals surface area contributed by atoms with Crippen molar-refractivity contribution in [3.05, 3.63) is 78.5 Å². The Morgan fingerprint density at radius 1 is 1.00 bits per heavy atom. The molecule has 1 atom stereocenters. The highest BCUT2D eigenvalue weighted by Crippen LogP contribution is 2.36. The Hall–Kier alpha value is -4.38. The molecule has 40 heavy (non-hydrogen) atoms. The largest absolute Gasteiger partial charge is 0.493 e. The van der Waals surface area contributed by atoms with Crippen LogP contribution in [-0.2, 0) is 14.3 Å². The van der Waals surface area contributed by atoms with Crippen LogP contribution in [0.25, 0.3) is 6.08 Å². The number of fused-ring (bicyclic) bond motifs is 1. The second-order valence-corrected chi connectivity index (χ2v) is 9.66. The average molecular weight is 567 g/mol. The van der Waals surface area contributed by atoms with Crippen LogP contribution in [0.4, 0.5) is 0 Å². The number of esters is 2. The standard InChI is InChI=1S/C29H30N2O8S/c1-7-37-20-11-9-18(13-22(20)35-5)14-24-27(33)31-26(19-10-12-21(39-17(4)32)23(15-19)36-6)25(28(34)38-8-2)16(3)30-29(31)40-24/h9-15,26H,7-8H2,1-6H3/b24-14-. The van der Waals surface area contributed by atoms with Gasteiger partial charge in [-0.2, -0.15) is 0 Å². The Morgan fingerprint density at radius 3 is 2.35 bits per heavy atom. The first-order chi connectivity index (χ1) is 19.2. The number of hydrogen-bond donors (Lipinski definition) is 0. The van der Waals surface area contributed by atoms with Gasteiger partial charge in [0.15, 0.2) is 27.8 Å². The van der Waals surface area contributed by atoms with Crippen molar-refractivity contribution >= 4 is 29.4 Å². The molecule has 10 nitrogen and oxygen atoms in total. The van der Waals surface area contributed by atoms with Gasteiger partial charge in [0.25, 0.3) is 5.56 Å². The summed E-state index contributed by atoms with van der Waals surface area (Å²) in [4.78, 5) is 43.6. The van der Waals surface area contributed by atoms with Gasteiger partial charge in [-0.25, -0.2) is 9.79 Å². The van der Waals surface area contributed by atoms with Crippen molar-refractivity contribution < 1.29 is 33.3 Å². The molecule has 3 aromatic rings. The quantitative estimate of drug-likeness (QED) is 0.287. The number of carbonyl (C=O) groups excluding carboxylic acids is 2. The molecule has 1 aromatic heterocycles. The van der Waals surface area contributed by atoms with Crippen LogP contribution < -0.4 is 33.8 Å². The Balaban J connectivity index is 1.92. The number of thiazole rings is 1. The normalized spacial score (nSPS) is 14.8. The lowest BCUT2D eigenvalue weighted by molar-refractivity contribution is -0.139. The fourth-order valence-corrected chi connectivity index (χ4v) is 5.45. The van der Waals surface area contributed by atoms with Gasteiger partial charge in [-0.3, -0.25) is 14.2 Å². The number of ether oxygens (including phenoxy) is 5. The molecule has 0 amide bonds.